The van der Waals surface area contributed by atoms with Gasteiger partial charge in [-0.15, -0.1) is 11.3 Å². The average Bonchev–Trinajstić information content (AvgIpc) is 3.32. The quantitative estimate of drug-likeness (QED) is 0.789. The van der Waals surface area contributed by atoms with Crippen molar-refractivity contribution in [2.24, 2.45) is 0 Å². The monoisotopic (exact) mass is 394 g/mol. The summed E-state index contributed by atoms with van der Waals surface area (Å²) < 4.78 is 11.7. The fraction of sp³-hybridized carbons (Fsp3) is 0.684. The van der Waals surface area contributed by atoms with Crippen molar-refractivity contribution in [1.82, 2.24) is 10.2 Å². The number of carboxylic acids is 1. The van der Waals surface area contributed by atoms with Crippen molar-refractivity contribution in [2.75, 3.05) is 39.4 Å². The van der Waals surface area contributed by atoms with Crippen LogP contribution in [0.1, 0.15) is 45.8 Å². The number of aromatic carboxylic acids is 1. The number of nitrogens with one attached hydrogen (secondary N) is 1. The van der Waals surface area contributed by atoms with Crippen LogP contribution in [0, 0.1) is 0 Å². The number of ether oxygens (including phenoxy) is 2. The van der Waals surface area contributed by atoms with Gasteiger partial charge in [-0.2, -0.15) is 0 Å². The molecule has 4 rings (SSSR count). The van der Waals surface area contributed by atoms with Crippen molar-refractivity contribution in [3.63, 3.8) is 0 Å². The van der Waals surface area contributed by atoms with Crippen LogP contribution in [0.5, 0.6) is 0 Å². The third-order valence-corrected chi connectivity index (χ3v) is 7.12. The first-order valence-corrected chi connectivity index (χ1v) is 10.5. The zero-order chi connectivity index (χ0) is 18.9. The van der Waals surface area contributed by atoms with Gasteiger partial charge in [0.1, 0.15) is 10.5 Å². The number of hydrogen-bond acceptors (Lipinski definition) is 6. The van der Waals surface area contributed by atoms with Crippen LogP contribution < -0.4 is 5.32 Å². The Balaban J connectivity index is 1.32. The van der Waals surface area contributed by atoms with Crippen LogP contribution in [0.3, 0.4) is 0 Å². The van der Waals surface area contributed by atoms with Gasteiger partial charge >= 0.3 is 5.97 Å². The number of nitrogens with zero attached hydrogens (tertiary/aromatic N) is 1. The molecule has 1 spiro atoms. The Bertz CT molecular complexity index is 705. The third kappa shape index (κ3) is 4.03. The second-order valence-corrected chi connectivity index (χ2v) is 8.63. The molecule has 1 unspecified atom stereocenters. The summed E-state index contributed by atoms with van der Waals surface area (Å²) in [7, 11) is 0. The van der Waals surface area contributed by atoms with Crippen LogP contribution in [0.4, 0.5) is 0 Å². The lowest BCUT2D eigenvalue weighted by Gasteiger charge is -2.43. The Morgan fingerprint density at radius 3 is 2.85 bits per heavy atom. The maximum absolute atomic E-state index is 12.2. The average molecular weight is 394 g/mol. The van der Waals surface area contributed by atoms with E-state index >= 15 is 0 Å². The number of thiophene rings is 1. The van der Waals surface area contributed by atoms with Gasteiger partial charge in [0.2, 0.25) is 5.91 Å². The first-order valence-electron chi connectivity index (χ1n) is 9.67. The highest BCUT2D eigenvalue weighted by atomic mass is 32.1. The normalized spacial score (nSPS) is 24.7. The van der Waals surface area contributed by atoms with Gasteiger partial charge in [0, 0.05) is 31.1 Å². The van der Waals surface area contributed by atoms with E-state index < -0.39 is 5.97 Å². The van der Waals surface area contributed by atoms with Crippen LogP contribution in [0.15, 0.2) is 6.07 Å². The van der Waals surface area contributed by atoms with E-state index in [-0.39, 0.29) is 17.6 Å². The summed E-state index contributed by atoms with van der Waals surface area (Å²) in [5.41, 5.74) is 0.739. The van der Waals surface area contributed by atoms with Crippen LogP contribution >= 0.6 is 11.3 Å². The SMILES string of the molecule is O=C(CN1CCC2(CC1)OCCc1cc(C(=O)O)sc12)NCC1CCCO1. The molecule has 3 aliphatic heterocycles. The van der Waals surface area contributed by atoms with E-state index in [4.69, 9.17) is 9.47 Å². The molecule has 148 valence electrons. The molecule has 0 bridgehead atoms. The molecule has 0 aliphatic carbocycles. The van der Waals surface area contributed by atoms with Gasteiger partial charge in [-0.1, -0.05) is 0 Å². The maximum atomic E-state index is 12.2. The van der Waals surface area contributed by atoms with E-state index in [0.717, 1.165) is 62.2 Å². The number of carbonyl (C=O) groups excluding carboxylic acids is 1. The van der Waals surface area contributed by atoms with Crippen LogP contribution in [0.2, 0.25) is 0 Å². The smallest absolute Gasteiger partial charge is 0.345 e. The number of piperidine rings is 1. The summed E-state index contributed by atoms with van der Waals surface area (Å²) >= 11 is 1.35. The van der Waals surface area contributed by atoms with Gasteiger partial charge in [0.25, 0.3) is 0 Å². The van der Waals surface area contributed by atoms with Gasteiger partial charge < -0.3 is 19.9 Å². The van der Waals surface area contributed by atoms with Crippen molar-refractivity contribution in [3.8, 4) is 0 Å². The number of carboxylic acid groups (broad SMARTS) is 1. The zero-order valence-corrected chi connectivity index (χ0v) is 16.2. The molecule has 0 saturated carbocycles. The van der Waals surface area contributed by atoms with Crippen LogP contribution in [-0.4, -0.2) is 67.4 Å². The van der Waals surface area contributed by atoms with Crippen molar-refractivity contribution in [1.29, 1.82) is 0 Å². The van der Waals surface area contributed by atoms with Crippen molar-refractivity contribution in [3.05, 3.63) is 21.4 Å². The first kappa shape index (κ1) is 18.9. The summed E-state index contributed by atoms with van der Waals surface area (Å²) in [6.45, 7) is 3.95. The molecule has 2 saturated heterocycles. The molecule has 1 aromatic rings. The standard InChI is InChI=1S/C19H26N2O5S/c22-16(20-11-14-2-1-8-25-14)12-21-6-4-19(5-7-21)17-13(3-9-26-19)10-15(27-17)18(23)24/h10,14H,1-9,11-12H2,(H,20,22)(H,23,24). The summed E-state index contributed by atoms with van der Waals surface area (Å²) in [6.07, 6.45) is 4.61. The van der Waals surface area contributed by atoms with E-state index in [1.807, 2.05) is 0 Å². The summed E-state index contributed by atoms with van der Waals surface area (Å²) in [6, 6.07) is 1.80. The van der Waals surface area contributed by atoms with E-state index in [9.17, 15) is 14.7 Å². The van der Waals surface area contributed by atoms with E-state index in [0.29, 0.717) is 24.6 Å². The second-order valence-electron chi connectivity index (χ2n) is 7.58. The lowest BCUT2D eigenvalue weighted by molar-refractivity contribution is -0.126. The molecular formula is C19H26N2O5S. The van der Waals surface area contributed by atoms with Gasteiger partial charge in [-0.3, -0.25) is 9.69 Å². The first-order chi connectivity index (χ1) is 13.1. The fourth-order valence-electron chi connectivity index (χ4n) is 4.26. The number of fused-ring (bicyclic) bond motifs is 2. The van der Waals surface area contributed by atoms with Crippen molar-refractivity contribution < 1.29 is 24.2 Å². The number of amides is 1. The Hall–Kier alpha value is -1.48. The number of likely N-dealkylation sites (tertiary alicyclic amines) is 1. The summed E-state index contributed by atoms with van der Waals surface area (Å²) in [4.78, 5) is 27.2. The molecule has 1 aromatic heterocycles. The Morgan fingerprint density at radius 1 is 1.33 bits per heavy atom. The Morgan fingerprint density at radius 2 is 2.15 bits per heavy atom. The molecule has 0 radical (unpaired) electrons. The van der Waals surface area contributed by atoms with E-state index in [2.05, 4.69) is 10.2 Å². The number of hydrogen-bond donors (Lipinski definition) is 2. The maximum Gasteiger partial charge on any atom is 0.345 e. The minimum atomic E-state index is -0.870. The Kier molecular flexibility index (Phi) is 5.50. The molecule has 27 heavy (non-hydrogen) atoms. The number of rotatable bonds is 5. The Labute approximate surface area is 162 Å². The van der Waals surface area contributed by atoms with E-state index in [1.165, 1.54) is 11.3 Å². The molecular weight excluding hydrogens is 368 g/mol. The molecule has 7 nitrogen and oxygen atoms in total. The highest BCUT2D eigenvalue weighted by molar-refractivity contribution is 7.14. The second kappa shape index (κ2) is 7.87. The van der Waals surface area contributed by atoms with Gasteiger partial charge in [0.15, 0.2) is 0 Å². The topological polar surface area (TPSA) is 88.1 Å². The highest BCUT2D eigenvalue weighted by Crippen LogP contribution is 2.45. The molecule has 2 N–H and O–H groups in total. The summed E-state index contributed by atoms with van der Waals surface area (Å²) in [5, 5.41) is 12.3. The van der Waals surface area contributed by atoms with Gasteiger partial charge in [-0.05, 0) is 43.7 Å². The van der Waals surface area contributed by atoms with Gasteiger partial charge in [-0.25, -0.2) is 4.79 Å². The fourth-order valence-corrected chi connectivity index (χ4v) is 5.51. The van der Waals surface area contributed by atoms with Crippen LogP contribution in [-0.2, 0) is 26.3 Å². The molecule has 4 heterocycles. The van der Waals surface area contributed by atoms with Crippen molar-refractivity contribution in [2.45, 2.75) is 43.8 Å². The zero-order valence-electron chi connectivity index (χ0n) is 15.4. The molecule has 8 heteroatoms. The van der Waals surface area contributed by atoms with E-state index in [1.54, 1.807) is 6.07 Å². The summed E-state index contributed by atoms with van der Waals surface area (Å²) in [5.74, 6) is -0.833. The van der Waals surface area contributed by atoms with Crippen molar-refractivity contribution >= 4 is 23.2 Å². The molecule has 3 aliphatic rings. The molecule has 1 atom stereocenters. The third-order valence-electron chi connectivity index (χ3n) is 5.77. The minimum Gasteiger partial charge on any atom is -0.477 e. The molecule has 1 amide bonds. The largest absolute Gasteiger partial charge is 0.477 e. The van der Waals surface area contributed by atoms with Gasteiger partial charge in [0.05, 0.1) is 19.3 Å². The molecule has 2 fully saturated rings. The highest BCUT2D eigenvalue weighted by Gasteiger charge is 2.43. The number of carbonyl (C=O) groups is 2. The molecule has 0 aromatic carbocycles. The predicted octanol–water partition coefficient (Wildman–Crippen LogP) is 1.61. The predicted molar refractivity (Wildman–Crippen MR) is 100 cm³/mol. The minimum absolute atomic E-state index is 0.0380. The van der Waals surface area contributed by atoms with Crippen LogP contribution in [0.25, 0.3) is 0 Å². The lowest BCUT2D eigenvalue weighted by atomic mass is 9.85. The lowest BCUT2D eigenvalue weighted by Crippen LogP contribution is -2.49.